The standard InChI is InChI=1S/C17H29BrN2/c1-2-20(16-17-10-13-19-14-11-17)15-9-7-5-3-4-6-8-12-18/h10-11,13-14H,2-9,12,15-16H2,1H3. The van der Waals surface area contributed by atoms with Gasteiger partial charge in [-0.15, -0.1) is 0 Å². The molecule has 0 aliphatic rings. The van der Waals surface area contributed by atoms with E-state index >= 15 is 0 Å². The minimum atomic E-state index is 1.06. The molecule has 0 radical (unpaired) electrons. The molecule has 0 aromatic carbocycles. The summed E-state index contributed by atoms with van der Waals surface area (Å²) in [7, 11) is 0. The van der Waals surface area contributed by atoms with E-state index in [2.05, 4.69) is 44.9 Å². The Hall–Kier alpha value is -0.410. The third-order valence-electron chi connectivity index (χ3n) is 3.71. The molecule has 0 bridgehead atoms. The van der Waals surface area contributed by atoms with Gasteiger partial charge in [-0.2, -0.15) is 0 Å². The number of hydrogen-bond donors (Lipinski definition) is 0. The molecule has 1 aromatic rings. The highest BCUT2D eigenvalue weighted by molar-refractivity contribution is 9.09. The van der Waals surface area contributed by atoms with Gasteiger partial charge in [-0.05, 0) is 43.6 Å². The number of rotatable bonds is 12. The first-order valence-electron chi connectivity index (χ1n) is 8.04. The van der Waals surface area contributed by atoms with E-state index in [0.717, 1.165) is 18.4 Å². The van der Waals surface area contributed by atoms with Crippen LogP contribution in [-0.4, -0.2) is 28.3 Å². The maximum atomic E-state index is 4.07. The maximum absolute atomic E-state index is 4.07. The van der Waals surface area contributed by atoms with Crippen LogP contribution in [0.5, 0.6) is 0 Å². The van der Waals surface area contributed by atoms with E-state index in [1.165, 1.54) is 57.1 Å². The Morgan fingerprint density at radius 3 is 2.15 bits per heavy atom. The molecule has 0 N–H and O–H groups in total. The van der Waals surface area contributed by atoms with Gasteiger partial charge in [0.15, 0.2) is 0 Å². The second-order valence-corrected chi connectivity index (χ2v) is 6.18. The third kappa shape index (κ3) is 8.70. The molecular weight excluding hydrogens is 312 g/mol. The van der Waals surface area contributed by atoms with Crippen LogP contribution in [0.1, 0.15) is 57.4 Å². The van der Waals surface area contributed by atoms with Crippen molar-refractivity contribution >= 4 is 15.9 Å². The Morgan fingerprint density at radius 1 is 0.950 bits per heavy atom. The summed E-state index contributed by atoms with van der Waals surface area (Å²) in [6.07, 6.45) is 13.4. The first-order valence-corrected chi connectivity index (χ1v) is 9.16. The van der Waals surface area contributed by atoms with Gasteiger partial charge in [0.05, 0.1) is 0 Å². The summed E-state index contributed by atoms with van der Waals surface area (Å²) in [5.74, 6) is 0. The zero-order valence-electron chi connectivity index (χ0n) is 12.9. The third-order valence-corrected chi connectivity index (χ3v) is 4.27. The highest BCUT2D eigenvalue weighted by Crippen LogP contribution is 2.10. The molecule has 2 nitrogen and oxygen atoms in total. The maximum Gasteiger partial charge on any atom is 0.0271 e. The Morgan fingerprint density at radius 2 is 1.55 bits per heavy atom. The van der Waals surface area contributed by atoms with E-state index in [0.29, 0.717) is 0 Å². The minimum Gasteiger partial charge on any atom is -0.299 e. The molecule has 0 saturated heterocycles. The summed E-state index contributed by atoms with van der Waals surface area (Å²) in [6, 6.07) is 4.24. The van der Waals surface area contributed by atoms with Gasteiger partial charge in [0, 0.05) is 24.3 Å². The number of alkyl halides is 1. The second kappa shape index (κ2) is 12.3. The summed E-state index contributed by atoms with van der Waals surface area (Å²) in [4.78, 5) is 6.60. The molecule has 0 amide bonds. The summed E-state index contributed by atoms with van der Waals surface area (Å²) in [6.45, 7) is 5.67. The lowest BCUT2D eigenvalue weighted by Gasteiger charge is -2.20. The molecule has 114 valence electrons. The van der Waals surface area contributed by atoms with Crippen molar-refractivity contribution < 1.29 is 0 Å². The van der Waals surface area contributed by atoms with Crippen molar-refractivity contribution in [3.63, 3.8) is 0 Å². The average molecular weight is 341 g/mol. The molecule has 1 aromatic heterocycles. The van der Waals surface area contributed by atoms with Crippen LogP contribution in [0.15, 0.2) is 24.5 Å². The highest BCUT2D eigenvalue weighted by atomic mass is 79.9. The molecule has 0 fully saturated rings. The van der Waals surface area contributed by atoms with E-state index < -0.39 is 0 Å². The smallest absolute Gasteiger partial charge is 0.0271 e. The van der Waals surface area contributed by atoms with E-state index in [1.54, 1.807) is 0 Å². The number of unbranched alkanes of at least 4 members (excludes halogenated alkanes) is 6. The molecule has 20 heavy (non-hydrogen) atoms. The van der Waals surface area contributed by atoms with Crippen LogP contribution in [0.4, 0.5) is 0 Å². The van der Waals surface area contributed by atoms with Crippen molar-refractivity contribution in [3.05, 3.63) is 30.1 Å². The number of aromatic nitrogens is 1. The topological polar surface area (TPSA) is 16.1 Å². The Bertz CT molecular complexity index is 316. The van der Waals surface area contributed by atoms with Crippen molar-refractivity contribution in [2.45, 2.75) is 58.4 Å². The van der Waals surface area contributed by atoms with Gasteiger partial charge in [0.25, 0.3) is 0 Å². The van der Waals surface area contributed by atoms with Crippen LogP contribution < -0.4 is 0 Å². The predicted molar refractivity (Wildman–Crippen MR) is 91.3 cm³/mol. The van der Waals surface area contributed by atoms with Gasteiger partial charge in [0.2, 0.25) is 0 Å². The predicted octanol–water partition coefficient (Wildman–Crippen LogP) is 5.03. The molecule has 0 saturated carbocycles. The van der Waals surface area contributed by atoms with Crippen molar-refractivity contribution in [1.29, 1.82) is 0 Å². The van der Waals surface area contributed by atoms with Gasteiger partial charge in [-0.25, -0.2) is 0 Å². The van der Waals surface area contributed by atoms with Crippen LogP contribution in [0.2, 0.25) is 0 Å². The Labute approximate surface area is 133 Å². The van der Waals surface area contributed by atoms with Gasteiger partial charge < -0.3 is 0 Å². The fourth-order valence-electron chi connectivity index (χ4n) is 2.41. The molecule has 0 spiro atoms. The first-order chi connectivity index (χ1) is 9.86. The van der Waals surface area contributed by atoms with E-state index in [9.17, 15) is 0 Å². The molecule has 0 atom stereocenters. The van der Waals surface area contributed by atoms with E-state index in [4.69, 9.17) is 0 Å². The first kappa shape index (κ1) is 17.6. The van der Waals surface area contributed by atoms with Gasteiger partial charge in [-0.3, -0.25) is 9.88 Å². The summed E-state index contributed by atoms with van der Waals surface area (Å²) in [5.41, 5.74) is 1.37. The largest absolute Gasteiger partial charge is 0.299 e. The van der Waals surface area contributed by atoms with E-state index in [1.807, 2.05) is 12.4 Å². The Kier molecular flexibility index (Phi) is 10.9. The number of nitrogens with zero attached hydrogens (tertiary/aromatic N) is 2. The quantitative estimate of drug-likeness (QED) is 0.392. The molecule has 3 heteroatoms. The average Bonchev–Trinajstić information content (AvgIpc) is 2.49. The van der Waals surface area contributed by atoms with Crippen LogP contribution >= 0.6 is 15.9 Å². The van der Waals surface area contributed by atoms with E-state index in [-0.39, 0.29) is 0 Å². The van der Waals surface area contributed by atoms with Crippen molar-refractivity contribution in [2.24, 2.45) is 0 Å². The van der Waals surface area contributed by atoms with Gasteiger partial charge in [-0.1, -0.05) is 55.0 Å². The van der Waals surface area contributed by atoms with Crippen LogP contribution in [-0.2, 0) is 6.54 Å². The zero-order valence-corrected chi connectivity index (χ0v) is 14.4. The van der Waals surface area contributed by atoms with Crippen LogP contribution in [0.25, 0.3) is 0 Å². The molecule has 0 aliphatic carbocycles. The molecular formula is C17H29BrN2. The van der Waals surface area contributed by atoms with Crippen molar-refractivity contribution in [1.82, 2.24) is 9.88 Å². The summed E-state index contributed by atoms with van der Waals surface area (Å²) >= 11 is 3.48. The molecule has 0 aliphatic heterocycles. The summed E-state index contributed by atoms with van der Waals surface area (Å²) in [5, 5.41) is 1.16. The van der Waals surface area contributed by atoms with Crippen LogP contribution in [0, 0.1) is 0 Å². The van der Waals surface area contributed by atoms with Crippen molar-refractivity contribution in [3.8, 4) is 0 Å². The summed E-state index contributed by atoms with van der Waals surface area (Å²) < 4.78 is 0. The fourth-order valence-corrected chi connectivity index (χ4v) is 2.81. The lowest BCUT2D eigenvalue weighted by Crippen LogP contribution is -2.24. The monoisotopic (exact) mass is 340 g/mol. The highest BCUT2D eigenvalue weighted by Gasteiger charge is 2.03. The van der Waals surface area contributed by atoms with Crippen molar-refractivity contribution in [2.75, 3.05) is 18.4 Å². The lowest BCUT2D eigenvalue weighted by molar-refractivity contribution is 0.272. The SMILES string of the molecule is CCN(CCCCCCCCCBr)Cc1ccncc1. The fraction of sp³-hybridized carbons (Fsp3) is 0.706. The number of pyridine rings is 1. The lowest BCUT2D eigenvalue weighted by atomic mass is 10.1. The second-order valence-electron chi connectivity index (χ2n) is 5.39. The van der Waals surface area contributed by atoms with Gasteiger partial charge in [0.1, 0.15) is 0 Å². The molecule has 1 rings (SSSR count). The molecule has 1 heterocycles. The number of halogens is 1. The zero-order chi connectivity index (χ0) is 14.5. The Balaban J connectivity index is 2.04. The minimum absolute atomic E-state index is 1.06. The number of hydrogen-bond acceptors (Lipinski definition) is 2. The normalized spacial score (nSPS) is 11.2. The molecule has 0 unspecified atom stereocenters. The van der Waals surface area contributed by atoms with Crippen LogP contribution in [0.3, 0.4) is 0 Å². The van der Waals surface area contributed by atoms with Gasteiger partial charge >= 0.3 is 0 Å².